The van der Waals surface area contributed by atoms with Gasteiger partial charge < -0.3 is 0 Å². The quantitative estimate of drug-likeness (QED) is 0.640. The summed E-state index contributed by atoms with van der Waals surface area (Å²) in [4.78, 5) is 0. The molecule has 0 aliphatic heterocycles. The van der Waals surface area contributed by atoms with E-state index in [1.54, 1.807) is 7.81 Å². The predicted molar refractivity (Wildman–Crippen MR) is 87.0 cm³/mol. The first-order valence-corrected chi connectivity index (χ1v) is 9.03. The molecule has 0 N–H and O–H groups in total. The van der Waals surface area contributed by atoms with Gasteiger partial charge >= 0.3 is 0 Å². The SMILES string of the molecule is [2H][B][C@H]1C[C@H]2C[C@@H]([C@@H]1C)C2(C)[C@H]1C[C@H]2C[C@@H]([C@@H]1C)C2(C)C. The molecule has 0 aromatic heterocycles. The first-order valence-electron chi connectivity index (χ1n) is 9.61. The molecule has 20 heavy (non-hydrogen) atoms. The van der Waals surface area contributed by atoms with Gasteiger partial charge in [0.2, 0.25) is 0 Å². The maximum atomic E-state index is 7.72. The van der Waals surface area contributed by atoms with Crippen molar-refractivity contribution in [3.05, 3.63) is 0 Å². The van der Waals surface area contributed by atoms with Crippen LogP contribution in [0, 0.1) is 52.3 Å². The number of hydrogen-bond donors (Lipinski definition) is 0. The van der Waals surface area contributed by atoms with Crippen LogP contribution in [0.25, 0.3) is 0 Å². The molecule has 0 amide bonds. The minimum Gasteiger partial charge on any atom is -0.0702 e. The van der Waals surface area contributed by atoms with Gasteiger partial charge in [-0.15, -0.1) is 0 Å². The minimum atomic E-state index is 0.576. The molecule has 0 heterocycles. The van der Waals surface area contributed by atoms with E-state index >= 15 is 0 Å². The second-order valence-corrected chi connectivity index (χ2v) is 9.73. The van der Waals surface area contributed by atoms with Gasteiger partial charge in [-0.1, -0.05) is 46.9 Å². The second-order valence-electron chi connectivity index (χ2n) is 9.73. The Hall–Kier alpha value is 0.0649. The molecule has 6 aliphatic carbocycles. The van der Waals surface area contributed by atoms with Gasteiger partial charge in [0.25, 0.3) is 0 Å². The third kappa shape index (κ3) is 1.37. The fourth-order valence-corrected chi connectivity index (χ4v) is 7.48. The first kappa shape index (κ1) is 12.6. The highest BCUT2D eigenvalue weighted by molar-refractivity contribution is 6.12. The summed E-state index contributed by atoms with van der Waals surface area (Å²) in [6.07, 6.45) is 5.77. The van der Waals surface area contributed by atoms with Gasteiger partial charge in [0.05, 0.1) is 7.81 Å². The smallest absolute Gasteiger partial charge is 0.0702 e. The van der Waals surface area contributed by atoms with E-state index in [2.05, 4.69) is 34.6 Å². The van der Waals surface area contributed by atoms with Crippen LogP contribution in [-0.4, -0.2) is 9.15 Å². The highest BCUT2D eigenvalue weighted by atomic mass is 14.7. The van der Waals surface area contributed by atoms with Crippen molar-refractivity contribution < 1.29 is 0 Å². The number of hydrogen-bond acceptors (Lipinski definition) is 0. The summed E-state index contributed by atoms with van der Waals surface area (Å²) >= 11 is 0. The highest BCUT2D eigenvalue weighted by Gasteiger charge is 2.66. The van der Waals surface area contributed by atoms with Crippen molar-refractivity contribution in [1.82, 2.24) is 0 Å². The fourth-order valence-electron chi connectivity index (χ4n) is 7.48. The Labute approximate surface area is 128 Å². The first-order chi connectivity index (χ1) is 9.81. The lowest BCUT2D eigenvalue weighted by Crippen LogP contribution is -2.65. The van der Waals surface area contributed by atoms with Crippen LogP contribution < -0.4 is 0 Å². The van der Waals surface area contributed by atoms with Crippen LogP contribution in [-0.2, 0) is 0 Å². The average Bonchev–Trinajstić information content (AvgIpc) is 2.45. The van der Waals surface area contributed by atoms with Crippen molar-refractivity contribution in [2.45, 2.75) is 66.1 Å². The van der Waals surface area contributed by atoms with Crippen LogP contribution in [0.15, 0.2) is 0 Å². The van der Waals surface area contributed by atoms with Gasteiger partial charge in [-0.25, -0.2) is 0 Å². The van der Waals surface area contributed by atoms with E-state index in [0.717, 1.165) is 41.4 Å². The molecule has 6 aliphatic rings. The third-order valence-electron chi connectivity index (χ3n) is 9.24. The molecule has 6 rings (SSSR count). The molecule has 0 aromatic rings. The Kier molecular flexibility index (Phi) is 2.44. The molecule has 0 aromatic carbocycles. The lowest BCUT2D eigenvalue weighted by Gasteiger charge is -2.72. The predicted octanol–water partition coefficient (Wildman–Crippen LogP) is 4.68. The second kappa shape index (κ2) is 3.88. The van der Waals surface area contributed by atoms with Crippen molar-refractivity contribution in [3.63, 3.8) is 0 Å². The van der Waals surface area contributed by atoms with E-state index in [-0.39, 0.29) is 0 Å². The van der Waals surface area contributed by atoms with E-state index in [1.165, 1.54) is 25.7 Å². The van der Waals surface area contributed by atoms with Gasteiger partial charge in [0, 0.05) is 0 Å². The van der Waals surface area contributed by atoms with Crippen molar-refractivity contribution >= 4 is 7.81 Å². The maximum Gasteiger partial charge on any atom is 0.0912 e. The Morgan fingerprint density at radius 2 is 1.45 bits per heavy atom. The molecule has 4 bridgehead atoms. The van der Waals surface area contributed by atoms with E-state index in [1.807, 2.05) is 0 Å². The summed E-state index contributed by atoms with van der Waals surface area (Å²) in [6.45, 7) is 12.7. The summed E-state index contributed by atoms with van der Waals surface area (Å²) in [7, 11) is 1.76. The van der Waals surface area contributed by atoms with E-state index in [4.69, 9.17) is 1.34 Å². The Morgan fingerprint density at radius 1 is 0.850 bits per heavy atom. The molecule has 6 fully saturated rings. The molecule has 111 valence electrons. The van der Waals surface area contributed by atoms with Gasteiger partial charge in [0.1, 0.15) is 0 Å². The van der Waals surface area contributed by atoms with E-state index < -0.39 is 0 Å². The highest BCUT2D eigenvalue weighted by Crippen LogP contribution is 2.74. The lowest BCUT2D eigenvalue weighted by molar-refractivity contribution is -0.227. The molecule has 1 heteroatoms. The molecule has 0 spiro atoms. The van der Waals surface area contributed by atoms with Crippen molar-refractivity contribution in [1.29, 1.82) is 1.34 Å². The minimum absolute atomic E-state index is 0.576. The van der Waals surface area contributed by atoms with Gasteiger partial charge in [-0.2, -0.15) is 0 Å². The molecule has 0 nitrogen and oxygen atoms in total. The Balaban J connectivity index is 1.58. The van der Waals surface area contributed by atoms with Crippen molar-refractivity contribution in [2.75, 3.05) is 0 Å². The summed E-state index contributed by atoms with van der Waals surface area (Å²) in [5, 5.41) is 0. The normalized spacial score (nSPS) is 63.8. The zero-order chi connectivity index (χ0) is 15.2. The molecule has 1 unspecified atom stereocenters. The Morgan fingerprint density at radius 3 is 2.00 bits per heavy atom. The molecular weight excluding hydrogens is 239 g/mol. The standard InChI is InChI=1S/C19H32B/c1-10-14-6-12(18(14,3)4)7-15(10)19(5)13-8-16(19)11(2)17(20)9-13/h10-17,20H,6-9H2,1-5H3/t10-,11-,12+,13+,14-,15-,16-,17-,19?/m0/s1/i20D. The zero-order valence-electron chi connectivity index (χ0n) is 15.0. The van der Waals surface area contributed by atoms with Gasteiger partial charge in [-0.3, -0.25) is 0 Å². The molecular formula is C19H32B. The third-order valence-corrected chi connectivity index (χ3v) is 9.24. The van der Waals surface area contributed by atoms with Crippen LogP contribution in [0.2, 0.25) is 5.82 Å². The lowest BCUT2D eigenvalue weighted by atomic mass is 9.32. The van der Waals surface area contributed by atoms with Crippen LogP contribution >= 0.6 is 0 Å². The summed E-state index contributed by atoms with van der Waals surface area (Å²) in [5.41, 5.74) is 1.22. The van der Waals surface area contributed by atoms with E-state index in [0.29, 0.717) is 16.6 Å². The van der Waals surface area contributed by atoms with Crippen molar-refractivity contribution in [3.8, 4) is 0 Å². The van der Waals surface area contributed by atoms with Crippen LogP contribution in [0.3, 0.4) is 0 Å². The maximum absolute atomic E-state index is 7.72. The van der Waals surface area contributed by atoms with E-state index in [9.17, 15) is 0 Å². The molecule has 0 saturated heterocycles. The van der Waals surface area contributed by atoms with Crippen LogP contribution in [0.5, 0.6) is 0 Å². The fraction of sp³-hybridized carbons (Fsp3) is 1.00. The summed E-state index contributed by atoms with van der Waals surface area (Å²) < 4.78 is 7.72. The average molecular weight is 272 g/mol. The zero-order valence-corrected chi connectivity index (χ0v) is 14.0. The molecule has 6 saturated carbocycles. The van der Waals surface area contributed by atoms with Crippen LogP contribution in [0.4, 0.5) is 0 Å². The van der Waals surface area contributed by atoms with Gasteiger partial charge in [-0.05, 0) is 72.9 Å². The summed E-state index contributed by atoms with van der Waals surface area (Å²) in [5.74, 6) is 7.00. The largest absolute Gasteiger partial charge is 0.0912 e. The van der Waals surface area contributed by atoms with Crippen molar-refractivity contribution in [2.24, 2.45) is 52.3 Å². The van der Waals surface area contributed by atoms with Crippen LogP contribution in [0.1, 0.15) is 60.3 Å². The summed E-state index contributed by atoms with van der Waals surface area (Å²) in [6, 6.07) is 0. The number of fused-ring (bicyclic) bond motifs is 5. The Bertz CT molecular complexity index is 447. The van der Waals surface area contributed by atoms with Gasteiger partial charge in [0.15, 0.2) is 0 Å². The topological polar surface area (TPSA) is 0 Å². The number of rotatable bonds is 2. The molecule has 1 radical (unpaired) electrons. The molecule has 9 atom stereocenters. The monoisotopic (exact) mass is 272 g/mol.